The lowest BCUT2D eigenvalue weighted by Crippen LogP contribution is -2.40. The quantitative estimate of drug-likeness (QED) is 0.280. The number of hydrogen-bond donors (Lipinski definition) is 1. The highest BCUT2D eigenvalue weighted by molar-refractivity contribution is 7.21. The number of halogens is 1. The largest absolute Gasteiger partial charge is 0.378 e. The molecule has 1 fully saturated rings. The van der Waals surface area contributed by atoms with Crippen LogP contribution in [0.1, 0.15) is 46.6 Å². The molecule has 0 spiro atoms. The maximum absolute atomic E-state index is 13.3. The number of carbonyl (C=O) groups is 2. The fourth-order valence-corrected chi connectivity index (χ4v) is 7.32. The average Bonchev–Trinajstić information content (AvgIpc) is 3.32. The van der Waals surface area contributed by atoms with Crippen molar-refractivity contribution in [2.24, 2.45) is 0 Å². The van der Waals surface area contributed by atoms with Gasteiger partial charge in [0.05, 0.1) is 28.3 Å². The molecule has 2 aliphatic rings. The number of morpholine rings is 1. The van der Waals surface area contributed by atoms with E-state index in [-0.39, 0.29) is 23.1 Å². The molecule has 2 aromatic carbocycles. The van der Waals surface area contributed by atoms with Gasteiger partial charge in [-0.25, -0.2) is 4.98 Å². The fourth-order valence-electron chi connectivity index (χ4n) is 5.97. The summed E-state index contributed by atoms with van der Waals surface area (Å²) in [6.07, 6.45) is 2.63. The number of hydrogen-bond acceptors (Lipinski definition) is 7. The van der Waals surface area contributed by atoms with Gasteiger partial charge in [0.15, 0.2) is 5.82 Å². The number of thiophene rings is 1. The number of benzene rings is 2. The number of aromatic nitrogens is 2. The lowest BCUT2D eigenvalue weighted by atomic mass is 9.92. The summed E-state index contributed by atoms with van der Waals surface area (Å²) in [6.45, 7) is 8.87. The Bertz CT molecular complexity index is 1670. The minimum atomic E-state index is -0.116. The van der Waals surface area contributed by atoms with Gasteiger partial charge in [-0.15, -0.1) is 11.3 Å². The molecule has 10 heteroatoms. The van der Waals surface area contributed by atoms with Crippen molar-refractivity contribution in [3.8, 4) is 11.1 Å². The lowest BCUT2D eigenvalue weighted by molar-refractivity contribution is -0.117. The van der Waals surface area contributed by atoms with Crippen LogP contribution in [0, 0.1) is 6.92 Å². The van der Waals surface area contributed by atoms with E-state index in [1.165, 1.54) is 16.9 Å². The molecule has 4 heterocycles. The number of amides is 2. The minimum absolute atomic E-state index is 0.0837. The van der Waals surface area contributed by atoms with Gasteiger partial charge >= 0.3 is 0 Å². The van der Waals surface area contributed by atoms with E-state index in [4.69, 9.17) is 16.3 Å². The number of carbonyl (C=O) groups excluding carboxylic acids is 2. The molecule has 0 saturated carbocycles. The predicted molar refractivity (Wildman–Crippen MR) is 169 cm³/mol. The third-order valence-electron chi connectivity index (χ3n) is 8.15. The molecule has 0 unspecified atom stereocenters. The van der Waals surface area contributed by atoms with Crippen molar-refractivity contribution in [3.63, 3.8) is 0 Å². The average molecular weight is 604 g/mol. The number of ether oxygens (including phenoxy) is 1. The second-order valence-corrected chi connectivity index (χ2v) is 12.3. The van der Waals surface area contributed by atoms with E-state index >= 15 is 0 Å². The highest BCUT2D eigenvalue weighted by Gasteiger charge is 2.26. The van der Waals surface area contributed by atoms with Gasteiger partial charge in [0.25, 0.3) is 5.91 Å². The molecular weight excluding hydrogens is 570 g/mol. The fraction of sp³-hybridized carbons (Fsp3) is 0.375. The van der Waals surface area contributed by atoms with Crippen LogP contribution < -0.4 is 15.1 Å². The second-order valence-electron chi connectivity index (χ2n) is 11.0. The van der Waals surface area contributed by atoms with Gasteiger partial charge in [0, 0.05) is 38.3 Å². The van der Waals surface area contributed by atoms with E-state index in [0.717, 1.165) is 69.9 Å². The summed E-state index contributed by atoms with van der Waals surface area (Å²) in [5.74, 6) is 0.734. The molecule has 1 saturated heterocycles. The third-order valence-corrected chi connectivity index (χ3v) is 9.59. The Morgan fingerprint density at radius 2 is 1.90 bits per heavy atom. The number of fused-ring (bicyclic) bond motifs is 2. The summed E-state index contributed by atoms with van der Waals surface area (Å²) in [5, 5.41) is 3.28. The van der Waals surface area contributed by atoms with E-state index in [0.29, 0.717) is 31.1 Å². The second kappa shape index (κ2) is 12.0. The number of rotatable bonds is 6. The first-order valence-corrected chi connectivity index (χ1v) is 15.6. The van der Waals surface area contributed by atoms with Crippen molar-refractivity contribution in [2.45, 2.75) is 46.1 Å². The van der Waals surface area contributed by atoms with Crippen LogP contribution in [0.4, 0.5) is 11.5 Å². The number of nitrogens with zero attached hydrogens (tertiary/aromatic N) is 4. The van der Waals surface area contributed by atoms with Crippen molar-refractivity contribution in [1.29, 1.82) is 0 Å². The van der Waals surface area contributed by atoms with E-state index < -0.39 is 0 Å². The summed E-state index contributed by atoms with van der Waals surface area (Å²) in [6, 6.07) is 15.0. The van der Waals surface area contributed by atoms with Crippen LogP contribution in [0.3, 0.4) is 0 Å². The Hall–Kier alpha value is -3.53. The SMILES string of the molecule is CC(=O)N1c2ccc(-c3cccc(CCNC(=O)c4sc5c(N6CCOCC6)nc(Cl)nc5c4C)c3)cc2CC[C@@H]1C. The maximum Gasteiger partial charge on any atom is 0.261 e. The summed E-state index contributed by atoms with van der Waals surface area (Å²) in [5.41, 5.74) is 7.18. The number of anilines is 2. The first kappa shape index (κ1) is 28.6. The van der Waals surface area contributed by atoms with Crippen LogP contribution >= 0.6 is 22.9 Å². The van der Waals surface area contributed by atoms with E-state index in [1.807, 2.05) is 11.8 Å². The van der Waals surface area contributed by atoms with Crippen LogP contribution in [0.15, 0.2) is 42.5 Å². The first-order valence-electron chi connectivity index (χ1n) is 14.4. The van der Waals surface area contributed by atoms with Crippen LogP contribution in [-0.4, -0.2) is 60.7 Å². The Morgan fingerprint density at radius 3 is 2.69 bits per heavy atom. The summed E-state index contributed by atoms with van der Waals surface area (Å²) >= 11 is 7.70. The molecule has 6 rings (SSSR count). The Kier molecular flexibility index (Phi) is 8.16. The third kappa shape index (κ3) is 5.61. The van der Waals surface area contributed by atoms with Crippen molar-refractivity contribution < 1.29 is 14.3 Å². The van der Waals surface area contributed by atoms with E-state index in [2.05, 4.69) is 69.6 Å². The molecule has 4 aromatic rings. The molecule has 8 nitrogen and oxygen atoms in total. The van der Waals surface area contributed by atoms with Crippen LogP contribution in [0.25, 0.3) is 21.3 Å². The van der Waals surface area contributed by atoms with E-state index in [1.54, 1.807) is 6.92 Å². The van der Waals surface area contributed by atoms with Crippen molar-refractivity contribution >= 4 is 56.5 Å². The molecular formula is C32H34ClN5O3S. The Balaban J connectivity index is 1.15. The zero-order valence-corrected chi connectivity index (χ0v) is 25.6. The molecule has 0 bridgehead atoms. The van der Waals surface area contributed by atoms with Gasteiger partial charge in [-0.3, -0.25) is 9.59 Å². The van der Waals surface area contributed by atoms with Gasteiger partial charge in [-0.1, -0.05) is 30.3 Å². The van der Waals surface area contributed by atoms with Gasteiger partial charge in [0.2, 0.25) is 11.2 Å². The molecule has 218 valence electrons. The van der Waals surface area contributed by atoms with Gasteiger partial charge in [-0.05, 0) is 84.7 Å². The number of aryl methyl sites for hydroxylation is 2. The van der Waals surface area contributed by atoms with Crippen molar-refractivity contribution in [3.05, 3.63) is 69.3 Å². The molecule has 1 N–H and O–H groups in total. The Labute approximate surface area is 254 Å². The standard InChI is InChI=1S/C32H34ClN5O3S/c1-19-7-8-25-18-24(9-10-26(25)38(19)21(3)39)23-6-4-5-22(17-23)11-12-34-31(40)28-20(2)27-29(42-28)30(36-32(33)35-27)37-13-15-41-16-14-37/h4-6,9-10,17-19H,7-8,11-16H2,1-3H3,(H,34,40)/t19-/m0/s1. The van der Waals surface area contributed by atoms with Crippen LogP contribution in [0.2, 0.25) is 5.28 Å². The Morgan fingerprint density at radius 1 is 1.12 bits per heavy atom. The van der Waals surface area contributed by atoms with E-state index in [9.17, 15) is 9.59 Å². The molecule has 0 aliphatic carbocycles. The van der Waals surface area contributed by atoms with Gasteiger partial charge in [-0.2, -0.15) is 4.98 Å². The number of nitrogens with one attached hydrogen (secondary N) is 1. The molecule has 1 atom stereocenters. The summed E-state index contributed by atoms with van der Waals surface area (Å²) < 4.78 is 6.37. The lowest BCUT2D eigenvalue weighted by Gasteiger charge is -2.34. The minimum Gasteiger partial charge on any atom is -0.378 e. The van der Waals surface area contributed by atoms with Gasteiger partial charge in [0.1, 0.15) is 0 Å². The first-order chi connectivity index (χ1) is 20.3. The van der Waals surface area contributed by atoms with Crippen molar-refractivity contribution in [2.75, 3.05) is 42.6 Å². The van der Waals surface area contributed by atoms with Crippen LogP contribution in [0.5, 0.6) is 0 Å². The predicted octanol–water partition coefficient (Wildman–Crippen LogP) is 5.82. The van der Waals surface area contributed by atoms with Crippen molar-refractivity contribution in [1.82, 2.24) is 15.3 Å². The monoisotopic (exact) mass is 603 g/mol. The molecule has 0 radical (unpaired) electrons. The topological polar surface area (TPSA) is 87.7 Å². The highest BCUT2D eigenvalue weighted by Crippen LogP contribution is 2.37. The summed E-state index contributed by atoms with van der Waals surface area (Å²) in [4.78, 5) is 39.2. The molecule has 2 aromatic heterocycles. The normalized spacial score (nSPS) is 16.9. The summed E-state index contributed by atoms with van der Waals surface area (Å²) in [7, 11) is 0. The molecule has 2 amide bonds. The highest BCUT2D eigenvalue weighted by atomic mass is 35.5. The molecule has 42 heavy (non-hydrogen) atoms. The zero-order chi connectivity index (χ0) is 29.4. The zero-order valence-electron chi connectivity index (χ0n) is 24.1. The smallest absolute Gasteiger partial charge is 0.261 e. The van der Waals surface area contributed by atoms with Gasteiger partial charge < -0.3 is 19.9 Å². The van der Waals surface area contributed by atoms with Crippen LogP contribution in [-0.2, 0) is 22.4 Å². The maximum atomic E-state index is 13.3. The molecule has 2 aliphatic heterocycles.